The molecule has 0 fully saturated rings. The zero-order valence-corrected chi connectivity index (χ0v) is 14.3. The normalized spacial score (nSPS) is 12.9. The number of thiazole rings is 1. The van der Waals surface area contributed by atoms with E-state index < -0.39 is 0 Å². The molecule has 1 aromatic heterocycles. The second-order valence-electron chi connectivity index (χ2n) is 5.62. The second-order valence-corrected chi connectivity index (χ2v) is 6.86. The Bertz CT molecular complexity index is 555. The lowest BCUT2D eigenvalue weighted by molar-refractivity contribution is 0.185. The van der Waals surface area contributed by atoms with E-state index in [0.29, 0.717) is 12.6 Å². The smallest absolute Gasteiger partial charge is 0.115 e. The topological polar surface area (TPSA) is 34.1 Å². The summed E-state index contributed by atoms with van der Waals surface area (Å²) in [5, 5.41) is 4.76. The number of rotatable bonds is 6. The number of aromatic nitrogens is 1. The molecule has 1 unspecified atom stereocenters. The third kappa shape index (κ3) is 4.13. The predicted octanol–water partition coefficient (Wildman–Crippen LogP) is 3.99. The Morgan fingerprint density at radius 1 is 1.19 bits per heavy atom. The fourth-order valence-corrected chi connectivity index (χ4v) is 3.25. The molecule has 0 amide bonds. The number of benzene rings is 1. The highest BCUT2D eigenvalue weighted by atomic mass is 32.1. The number of nitrogens with one attached hydrogen (secondary N) is 1. The Kier molecular flexibility index (Phi) is 5.51. The van der Waals surface area contributed by atoms with E-state index in [1.807, 2.05) is 0 Å². The van der Waals surface area contributed by atoms with Crippen LogP contribution in [0.25, 0.3) is 0 Å². The number of nitrogens with zero attached hydrogens (tertiary/aromatic N) is 1. The number of methoxy groups -OCH3 is 1. The van der Waals surface area contributed by atoms with Gasteiger partial charge in [0.15, 0.2) is 0 Å². The Hall–Kier alpha value is -1.23. The Balaban J connectivity index is 2.31. The molecule has 1 atom stereocenters. The number of hydrogen-bond acceptors (Lipinski definition) is 4. The van der Waals surface area contributed by atoms with Crippen molar-refractivity contribution in [1.82, 2.24) is 10.3 Å². The molecule has 3 nitrogen and oxygen atoms in total. The minimum atomic E-state index is 0.152. The van der Waals surface area contributed by atoms with E-state index in [9.17, 15) is 0 Å². The number of aryl methyl sites for hydroxylation is 2. The maximum Gasteiger partial charge on any atom is 0.115 e. The van der Waals surface area contributed by atoms with Crippen molar-refractivity contribution in [3.05, 3.63) is 51.0 Å². The van der Waals surface area contributed by atoms with Crippen LogP contribution in [0, 0.1) is 13.8 Å². The first-order valence-electron chi connectivity index (χ1n) is 7.29. The molecular weight excluding hydrogens is 280 g/mol. The van der Waals surface area contributed by atoms with Crippen molar-refractivity contribution in [2.45, 2.75) is 46.4 Å². The zero-order chi connectivity index (χ0) is 15.4. The van der Waals surface area contributed by atoms with Gasteiger partial charge in [0.2, 0.25) is 0 Å². The van der Waals surface area contributed by atoms with Gasteiger partial charge < -0.3 is 10.1 Å². The number of hydrogen-bond donors (Lipinski definition) is 1. The van der Waals surface area contributed by atoms with Gasteiger partial charge in [-0.2, -0.15) is 0 Å². The first-order valence-corrected chi connectivity index (χ1v) is 8.10. The third-order valence-electron chi connectivity index (χ3n) is 3.42. The van der Waals surface area contributed by atoms with E-state index in [1.165, 1.54) is 16.0 Å². The summed E-state index contributed by atoms with van der Waals surface area (Å²) in [5.41, 5.74) is 3.56. The summed E-state index contributed by atoms with van der Waals surface area (Å²) in [6.45, 7) is 9.19. The van der Waals surface area contributed by atoms with Crippen molar-refractivity contribution in [1.29, 1.82) is 0 Å². The van der Waals surface area contributed by atoms with E-state index in [2.05, 4.69) is 57.3 Å². The quantitative estimate of drug-likeness (QED) is 0.876. The summed E-state index contributed by atoms with van der Waals surface area (Å²) < 4.78 is 5.17. The van der Waals surface area contributed by atoms with Crippen molar-refractivity contribution >= 4 is 11.3 Å². The molecule has 0 aliphatic rings. The second kappa shape index (κ2) is 7.16. The molecule has 1 N–H and O–H groups in total. The van der Waals surface area contributed by atoms with Crippen molar-refractivity contribution in [3.63, 3.8) is 0 Å². The summed E-state index contributed by atoms with van der Waals surface area (Å²) in [7, 11) is 1.72. The SMILES string of the molecule is COCc1ccc(C(NC(C)C)c2nc(C)c(C)s2)cc1. The van der Waals surface area contributed by atoms with Gasteiger partial charge >= 0.3 is 0 Å². The molecule has 0 aliphatic carbocycles. The zero-order valence-electron chi connectivity index (χ0n) is 13.4. The molecule has 4 heteroatoms. The summed E-state index contributed by atoms with van der Waals surface area (Å²) in [4.78, 5) is 6.02. The van der Waals surface area contributed by atoms with Crippen LogP contribution in [-0.2, 0) is 11.3 Å². The van der Waals surface area contributed by atoms with Crippen LogP contribution in [0.5, 0.6) is 0 Å². The average molecular weight is 304 g/mol. The lowest BCUT2D eigenvalue weighted by atomic mass is 10.0. The predicted molar refractivity (Wildman–Crippen MR) is 88.9 cm³/mol. The van der Waals surface area contributed by atoms with Crippen LogP contribution < -0.4 is 5.32 Å². The van der Waals surface area contributed by atoms with Crippen LogP contribution >= 0.6 is 11.3 Å². The summed E-state index contributed by atoms with van der Waals surface area (Å²) >= 11 is 1.78. The molecule has 1 aromatic carbocycles. The molecule has 0 spiro atoms. The van der Waals surface area contributed by atoms with Crippen LogP contribution in [0.3, 0.4) is 0 Å². The van der Waals surface area contributed by atoms with E-state index >= 15 is 0 Å². The Morgan fingerprint density at radius 3 is 2.33 bits per heavy atom. The van der Waals surface area contributed by atoms with Gasteiger partial charge in [-0.15, -0.1) is 11.3 Å². The van der Waals surface area contributed by atoms with Gasteiger partial charge in [0.25, 0.3) is 0 Å². The lowest BCUT2D eigenvalue weighted by Crippen LogP contribution is -2.28. The van der Waals surface area contributed by atoms with E-state index in [1.54, 1.807) is 18.4 Å². The Morgan fingerprint density at radius 2 is 1.86 bits per heavy atom. The van der Waals surface area contributed by atoms with Gasteiger partial charge in [0.1, 0.15) is 5.01 Å². The van der Waals surface area contributed by atoms with Crippen LogP contribution in [0.4, 0.5) is 0 Å². The summed E-state index contributed by atoms with van der Waals surface area (Å²) in [6, 6.07) is 9.14. The molecule has 0 aliphatic heterocycles. The number of ether oxygens (including phenoxy) is 1. The molecule has 114 valence electrons. The highest BCUT2D eigenvalue weighted by molar-refractivity contribution is 7.11. The monoisotopic (exact) mass is 304 g/mol. The molecule has 0 saturated carbocycles. The van der Waals surface area contributed by atoms with Crippen LogP contribution in [0.1, 0.15) is 46.6 Å². The van der Waals surface area contributed by atoms with Gasteiger partial charge in [-0.05, 0) is 38.8 Å². The molecular formula is C17H24N2OS. The third-order valence-corrected chi connectivity index (χ3v) is 4.55. The van der Waals surface area contributed by atoms with Crippen LogP contribution in [0.15, 0.2) is 24.3 Å². The molecule has 0 bridgehead atoms. The van der Waals surface area contributed by atoms with Gasteiger partial charge in [0, 0.05) is 18.0 Å². The Labute approximate surface area is 131 Å². The van der Waals surface area contributed by atoms with Gasteiger partial charge in [-0.25, -0.2) is 4.98 Å². The molecule has 2 aromatic rings. The summed E-state index contributed by atoms with van der Waals surface area (Å²) in [6.07, 6.45) is 0. The minimum Gasteiger partial charge on any atom is -0.380 e. The molecule has 21 heavy (non-hydrogen) atoms. The van der Waals surface area contributed by atoms with Gasteiger partial charge in [-0.3, -0.25) is 0 Å². The van der Waals surface area contributed by atoms with Crippen molar-refractivity contribution in [3.8, 4) is 0 Å². The maximum atomic E-state index is 5.17. The van der Waals surface area contributed by atoms with Crippen molar-refractivity contribution in [2.75, 3.05) is 7.11 Å². The fraction of sp³-hybridized carbons (Fsp3) is 0.471. The van der Waals surface area contributed by atoms with Crippen LogP contribution in [-0.4, -0.2) is 18.1 Å². The first-order chi connectivity index (χ1) is 10.0. The average Bonchev–Trinajstić information content (AvgIpc) is 2.77. The van der Waals surface area contributed by atoms with E-state index in [0.717, 1.165) is 10.7 Å². The minimum absolute atomic E-state index is 0.152. The maximum absolute atomic E-state index is 5.17. The van der Waals surface area contributed by atoms with E-state index in [-0.39, 0.29) is 6.04 Å². The van der Waals surface area contributed by atoms with E-state index in [4.69, 9.17) is 9.72 Å². The molecule has 1 heterocycles. The molecule has 0 radical (unpaired) electrons. The highest BCUT2D eigenvalue weighted by Crippen LogP contribution is 2.28. The van der Waals surface area contributed by atoms with Crippen LogP contribution in [0.2, 0.25) is 0 Å². The standard InChI is InChI=1S/C17H24N2OS/c1-11(2)18-16(17-19-12(3)13(4)21-17)15-8-6-14(7-9-15)10-20-5/h6-9,11,16,18H,10H2,1-5H3. The van der Waals surface area contributed by atoms with Crippen molar-refractivity contribution < 1.29 is 4.74 Å². The van der Waals surface area contributed by atoms with Gasteiger partial charge in [-0.1, -0.05) is 24.3 Å². The summed E-state index contributed by atoms with van der Waals surface area (Å²) in [5.74, 6) is 0. The molecule has 0 saturated heterocycles. The largest absolute Gasteiger partial charge is 0.380 e. The van der Waals surface area contributed by atoms with Gasteiger partial charge in [0.05, 0.1) is 18.3 Å². The molecule has 2 rings (SSSR count). The first kappa shape index (κ1) is 16.1. The highest BCUT2D eigenvalue weighted by Gasteiger charge is 2.19. The lowest BCUT2D eigenvalue weighted by Gasteiger charge is -2.20. The van der Waals surface area contributed by atoms with Crippen molar-refractivity contribution in [2.24, 2.45) is 0 Å². The fourth-order valence-electron chi connectivity index (χ4n) is 2.24.